The largest absolute Gasteiger partial charge is 0.348 e. The first-order chi connectivity index (χ1) is 8.94. The third-order valence-corrected chi connectivity index (χ3v) is 4.82. The van der Waals surface area contributed by atoms with E-state index in [1.54, 1.807) is 24.3 Å². The summed E-state index contributed by atoms with van der Waals surface area (Å²) >= 11 is 0. The fourth-order valence-corrected chi connectivity index (χ4v) is 3.33. The first-order valence-corrected chi connectivity index (χ1v) is 7.79. The summed E-state index contributed by atoms with van der Waals surface area (Å²) in [7, 11) is -0.242. The average molecular weight is 286 g/mol. The maximum absolute atomic E-state index is 12.0. The molecule has 2 rings (SSSR count). The molecule has 1 aromatic rings. The van der Waals surface area contributed by atoms with Crippen molar-refractivity contribution in [2.45, 2.75) is 18.9 Å². The van der Waals surface area contributed by atoms with E-state index in [4.69, 9.17) is 0 Å². The molecule has 1 N–H and O–H groups in total. The van der Waals surface area contributed by atoms with Crippen molar-refractivity contribution in [3.05, 3.63) is 22.7 Å². The van der Waals surface area contributed by atoms with Crippen LogP contribution in [0.25, 0.3) is 0 Å². The minimum Gasteiger partial charge on any atom is -0.348 e. The van der Waals surface area contributed by atoms with Crippen molar-refractivity contribution >= 4 is 15.8 Å². The second kappa shape index (κ2) is 5.30. The highest BCUT2D eigenvalue weighted by atomic mass is 32.2. The SMILES string of the molecule is CNS(=O)(=O)CC1CCCN1c1nccn(C)c1=O. The molecule has 1 aliphatic rings. The van der Waals surface area contributed by atoms with E-state index >= 15 is 0 Å². The minimum atomic E-state index is -3.30. The summed E-state index contributed by atoms with van der Waals surface area (Å²) in [6.07, 6.45) is 4.75. The van der Waals surface area contributed by atoms with Crippen LogP contribution >= 0.6 is 0 Å². The number of rotatable bonds is 4. The van der Waals surface area contributed by atoms with Crippen LogP contribution in [0.1, 0.15) is 12.8 Å². The van der Waals surface area contributed by atoms with E-state index in [2.05, 4.69) is 9.71 Å². The summed E-state index contributed by atoms with van der Waals surface area (Å²) in [5.74, 6) is 0.322. The van der Waals surface area contributed by atoms with Crippen LogP contribution in [0, 0.1) is 0 Å². The highest BCUT2D eigenvalue weighted by Crippen LogP contribution is 2.22. The first kappa shape index (κ1) is 14.0. The van der Waals surface area contributed by atoms with Crippen molar-refractivity contribution in [3.63, 3.8) is 0 Å². The van der Waals surface area contributed by atoms with Gasteiger partial charge in [0.15, 0.2) is 5.82 Å². The topological polar surface area (TPSA) is 84.3 Å². The summed E-state index contributed by atoms with van der Waals surface area (Å²) in [5.41, 5.74) is -0.198. The van der Waals surface area contributed by atoms with Crippen LogP contribution in [0.2, 0.25) is 0 Å². The first-order valence-electron chi connectivity index (χ1n) is 6.14. The van der Waals surface area contributed by atoms with Crippen molar-refractivity contribution in [2.75, 3.05) is 24.2 Å². The number of sulfonamides is 1. The zero-order valence-electron chi connectivity index (χ0n) is 11.0. The molecule has 7 nitrogen and oxygen atoms in total. The van der Waals surface area contributed by atoms with Gasteiger partial charge in [-0.2, -0.15) is 0 Å². The molecule has 1 atom stereocenters. The van der Waals surface area contributed by atoms with E-state index in [1.165, 1.54) is 11.6 Å². The molecule has 1 aliphatic heterocycles. The number of hydrogen-bond acceptors (Lipinski definition) is 5. The van der Waals surface area contributed by atoms with E-state index in [0.29, 0.717) is 12.4 Å². The Bertz CT molecular complexity index is 611. The molecule has 1 saturated heterocycles. The molecule has 1 unspecified atom stereocenters. The Morgan fingerprint density at radius 2 is 2.26 bits per heavy atom. The number of hydrogen-bond donors (Lipinski definition) is 1. The second-order valence-corrected chi connectivity index (χ2v) is 6.61. The fourth-order valence-electron chi connectivity index (χ4n) is 2.31. The van der Waals surface area contributed by atoms with E-state index < -0.39 is 10.0 Å². The Morgan fingerprint density at radius 1 is 1.53 bits per heavy atom. The lowest BCUT2D eigenvalue weighted by Gasteiger charge is -2.24. The molecule has 0 aromatic carbocycles. The zero-order valence-corrected chi connectivity index (χ0v) is 11.9. The summed E-state index contributed by atoms with van der Waals surface area (Å²) in [5, 5.41) is 0. The highest BCUT2D eigenvalue weighted by molar-refractivity contribution is 7.89. The van der Waals surface area contributed by atoms with E-state index in [-0.39, 0.29) is 17.4 Å². The van der Waals surface area contributed by atoms with Crippen LogP contribution in [-0.4, -0.2) is 43.4 Å². The average Bonchev–Trinajstić information content (AvgIpc) is 2.80. The van der Waals surface area contributed by atoms with Crippen LogP contribution in [-0.2, 0) is 17.1 Å². The Kier molecular flexibility index (Phi) is 3.91. The zero-order chi connectivity index (χ0) is 14.0. The molecule has 0 saturated carbocycles. The molecule has 1 aromatic heterocycles. The van der Waals surface area contributed by atoms with Crippen LogP contribution in [0.4, 0.5) is 5.82 Å². The normalized spacial score (nSPS) is 19.9. The van der Waals surface area contributed by atoms with Crippen molar-refractivity contribution in [3.8, 4) is 0 Å². The molecule has 0 aliphatic carbocycles. The van der Waals surface area contributed by atoms with Gasteiger partial charge in [-0.3, -0.25) is 4.79 Å². The summed E-state index contributed by atoms with van der Waals surface area (Å²) in [4.78, 5) is 17.9. The number of nitrogens with zero attached hydrogens (tertiary/aromatic N) is 3. The lowest BCUT2D eigenvalue weighted by Crippen LogP contribution is -2.41. The van der Waals surface area contributed by atoms with E-state index in [9.17, 15) is 13.2 Å². The molecule has 1 fully saturated rings. The Labute approximate surface area is 112 Å². The van der Waals surface area contributed by atoms with Crippen LogP contribution < -0.4 is 15.2 Å². The smallest absolute Gasteiger partial charge is 0.293 e. The quantitative estimate of drug-likeness (QED) is 0.791. The third kappa shape index (κ3) is 2.95. The highest BCUT2D eigenvalue weighted by Gasteiger charge is 2.31. The van der Waals surface area contributed by atoms with E-state index in [1.807, 2.05) is 0 Å². The fraction of sp³-hybridized carbons (Fsp3) is 0.636. The third-order valence-electron chi connectivity index (χ3n) is 3.37. The molecule has 0 amide bonds. The predicted molar refractivity (Wildman–Crippen MR) is 72.7 cm³/mol. The van der Waals surface area contributed by atoms with Crippen molar-refractivity contribution in [1.29, 1.82) is 0 Å². The van der Waals surface area contributed by atoms with Crippen molar-refractivity contribution in [1.82, 2.24) is 14.3 Å². The number of aryl methyl sites for hydroxylation is 1. The lowest BCUT2D eigenvalue weighted by molar-refractivity contribution is 0.577. The van der Waals surface area contributed by atoms with Gasteiger partial charge >= 0.3 is 0 Å². The Morgan fingerprint density at radius 3 is 2.95 bits per heavy atom. The molecular formula is C11H18N4O3S. The van der Waals surface area contributed by atoms with Crippen molar-refractivity contribution in [2.24, 2.45) is 7.05 Å². The number of anilines is 1. The summed E-state index contributed by atoms with van der Waals surface area (Å²) in [6, 6.07) is -0.194. The Hall–Kier alpha value is -1.41. The van der Waals surface area contributed by atoms with Crippen LogP contribution in [0.3, 0.4) is 0 Å². The Balaban J connectivity index is 2.29. The molecular weight excluding hydrogens is 268 g/mol. The molecule has 0 spiro atoms. The van der Waals surface area contributed by atoms with Gasteiger partial charge in [0, 0.05) is 32.0 Å². The van der Waals surface area contributed by atoms with Gasteiger partial charge in [-0.05, 0) is 19.9 Å². The summed E-state index contributed by atoms with van der Waals surface area (Å²) < 4.78 is 27.0. The number of aromatic nitrogens is 2. The van der Waals surface area contributed by atoms with Gasteiger partial charge in [0.1, 0.15) is 0 Å². The van der Waals surface area contributed by atoms with Crippen LogP contribution in [0.15, 0.2) is 17.2 Å². The molecule has 0 radical (unpaired) electrons. The maximum atomic E-state index is 12.0. The standard InChI is InChI=1S/C11H18N4O3S/c1-12-19(17,18)8-9-4-3-6-15(9)10-11(16)14(2)7-5-13-10/h5,7,9,12H,3-4,6,8H2,1-2H3. The van der Waals surface area contributed by atoms with Crippen molar-refractivity contribution < 1.29 is 8.42 Å². The lowest BCUT2D eigenvalue weighted by atomic mass is 10.2. The summed E-state index contributed by atoms with van der Waals surface area (Å²) in [6.45, 7) is 0.663. The molecule has 8 heteroatoms. The monoisotopic (exact) mass is 286 g/mol. The van der Waals surface area contributed by atoms with Gasteiger partial charge in [-0.15, -0.1) is 0 Å². The molecule has 0 bridgehead atoms. The van der Waals surface area contributed by atoms with Gasteiger partial charge in [0.25, 0.3) is 5.56 Å². The van der Waals surface area contributed by atoms with Gasteiger partial charge < -0.3 is 9.47 Å². The van der Waals surface area contributed by atoms with Crippen LogP contribution in [0.5, 0.6) is 0 Å². The van der Waals surface area contributed by atoms with Gasteiger partial charge in [0.05, 0.1) is 5.75 Å². The second-order valence-electron chi connectivity index (χ2n) is 4.64. The maximum Gasteiger partial charge on any atom is 0.293 e. The van der Waals surface area contributed by atoms with E-state index in [0.717, 1.165) is 12.8 Å². The molecule has 19 heavy (non-hydrogen) atoms. The van der Waals surface area contributed by atoms with Gasteiger partial charge in [-0.1, -0.05) is 0 Å². The minimum absolute atomic E-state index is 0.0107. The molecule has 2 heterocycles. The van der Waals surface area contributed by atoms with Gasteiger partial charge in [-0.25, -0.2) is 18.1 Å². The van der Waals surface area contributed by atoms with Gasteiger partial charge in [0.2, 0.25) is 10.0 Å². The molecule has 106 valence electrons. The number of nitrogens with one attached hydrogen (secondary N) is 1. The predicted octanol–water partition coefficient (Wildman–Crippen LogP) is -0.702.